The fourth-order valence-corrected chi connectivity index (χ4v) is 2.45. The van der Waals surface area contributed by atoms with Gasteiger partial charge in [-0.05, 0) is 39.3 Å². The summed E-state index contributed by atoms with van der Waals surface area (Å²) >= 11 is 0. The van der Waals surface area contributed by atoms with Crippen LogP contribution >= 0.6 is 0 Å². The molecule has 1 unspecified atom stereocenters. The second-order valence-electron chi connectivity index (χ2n) is 4.92. The van der Waals surface area contributed by atoms with E-state index in [0.29, 0.717) is 6.04 Å². The molecule has 0 saturated carbocycles. The largest absolute Gasteiger partial charge is 0.354 e. The predicted octanol–water partition coefficient (Wildman–Crippen LogP) is 2.19. The Labute approximate surface area is 104 Å². The van der Waals surface area contributed by atoms with Gasteiger partial charge in [-0.3, -0.25) is 4.90 Å². The molecule has 0 spiro atoms. The zero-order chi connectivity index (χ0) is 12.1. The molecule has 1 aliphatic rings. The van der Waals surface area contributed by atoms with E-state index >= 15 is 0 Å². The van der Waals surface area contributed by atoms with E-state index < -0.39 is 0 Å². The van der Waals surface area contributed by atoms with Gasteiger partial charge >= 0.3 is 0 Å². The lowest BCUT2D eigenvalue weighted by atomic mass is 10.3. The summed E-state index contributed by atoms with van der Waals surface area (Å²) in [5.74, 6) is 1.01. The van der Waals surface area contributed by atoms with E-state index in [0.717, 1.165) is 25.5 Å². The fourth-order valence-electron chi connectivity index (χ4n) is 2.45. The van der Waals surface area contributed by atoms with E-state index in [4.69, 9.17) is 0 Å². The first-order valence-electron chi connectivity index (χ1n) is 6.80. The van der Waals surface area contributed by atoms with Crippen molar-refractivity contribution in [3.05, 3.63) is 12.4 Å². The van der Waals surface area contributed by atoms with Crippen LogP contribution in [0.1, 0.15) is 33.1 Å². The van der Waals surface area contributed by atoms with Crippen molar-refractivity contribution in [1.29, 1.82) is 0 Å². The Morgan fingerprint density at radius 2 is 2.18 bits per heavy atom. The fraction of sp³-hybridized carbons (Fsp3) is 0.769. The lowest BCUT2D eigenvalue weighted by molar-refractivity contribution is 0.268. The number of anilines is 1. The van der Waals surface area contributed by atoms with Gasteiger partial charge in [0.1, 0.15) is 0 Å². The summed E-state index contributed by atoms with van der Waals surface area (Å²) < 4.78 is 2.19. The Hall–Kier alpha value is -1.03. The number of aryl methyl sites for hydroxylation is 1. The van der Waals surface area contributed by atoms with Crippen LogP contribution in [-0.2, 0) is 6.54 Å². The Balaban J connectivity index is 1.81. The Bertz CT molecular complexity index is 328. The molecule has 1 aliphatic heterocycles. The smallest absolute Gasteiger partial charge is 0.202 e. The Kier molecular flexibility index (Phi) is 4.42. The molecule has 0 aliphatic carbocycles. The highest BCUT2D eigenvalue weighted by Crippen LogP contribution is 2.12. The molecule has 1 aromatic rings. The summed E-state index contributed by atoms with van der Waals surface area (Å²) in [4.78, 5) is 6.92. The maximum Gasteiger partial charge on any atom is 0.202 e. The average Bonchev–Trinajstić information content (AvgIpc) is 2.97. The first kappa shape index (κ1) is 12.4. The summed E-state index contributed by atoms with van der Waals surface area (Å²) in [6, 6.07) is 0.601. The lowest BCUT2D eigenvalue weighted by Gasteiger charge is -2.24. The molecule has 0 aromatic carbocycles. The molecule has 1 saturated heterocycles. The van der Waals surface area contributed by atoms with Gasteiger partial charge in [-0.2, -0.15) is 0 Å². The summed E-state index contributed by atoms with van der Waals surface area (Å²) in [5, 5.41) is 3.46. The normalized spacial score (nSPS) is 18.5. The zero-order valence-electron chi connectivity index (χ0n) is 11.0. The van der Waals surface area contributed by atoms with Gasteiger partial charge in [0.2, 0.25) is 5.95 Å². The van der Waals surface area contributed by atoms with E-state index in [2.05, 4.69) is 33.6 Å². The molecule has 4 nitrogen and oxygen atoms in total. The van der Waals surface area contributed by atoms with Gasteiger partial charge in [0, 0.05) is 31.5 Å². The van der Waals surface area contributed by atoms with Crippen LogP contribution in [0.2, 0.25) is 0 Å². The number of hydrogen-bond donors (Lipinski definition) is 1. The average molecular weight is 236 g/mol. The third kappa shape index (κ3) is 3.22. The number of aromatic nitrogens is 2. The zero-order valence-corrected chi connectivity index (χ0v) is 11.0. The number of imidazole rings is 1. The van der Waals surface area contributed by atoms with Crippen molar-refractivity contribution in [1.82, 2.24) is 14.5 Å². The van der Waals surface area contributed by atoms with E-state index in [-0.39, 0.29) is 0 Å². The van der Waals surface area contributed by atoms with Gasteiger partial charge in [0.05, 0.1) is 0 Å². The molecule has 2 heterocycles. The molecule has 1 atom stereocenters. The summed E-state index contributed by atoms with van der Waals surface area (Å²) in [6.07, 6.45) is 7.78. The van der Waals surface area contributed by atoms with Crippen molar-refractivity contribution >= 4 is 5.95 Å². The van der Waals surface area contributed by atoms with Crippen LogP contribution in [0.4, 0.5) is 5.95 Å². The Morgan fingerprint density at radius 1 is 1.41 bits per heavy atom. The lowest BCUT2D eigenvalue weighted by Crippen LogP contribution is -2.36. The van der Waals surface area contributed by atoms with Crippen molar-refractivity contribution in [2.75, 3.05) is 25.0 Å². The SMILES string of the molecule is CCCn1ccnc1NCC(C)N1CCCC1. The van der Waals surface area contributed by atoms with Crippen LogP contribution < -0.4 is 5.32 Å². The van der Waals surface area contributed by atoms with E-state index in [1.807, 2.05) is 12.4 Å². The molecular weight excluding hydrogens is 212 g/mol. The standard InChI is InChI=1S/C13H24N4/c1-3-7-17-10-6-14-13(17)15-11-12(2)16-8-4-5-9-16/h6,10,12H,3-5,7-9,11H2,1-2H3,(H,14,15). The number of rotatable bonds is 6. The molecule has 1 N–H and O–H groups in total. The van der Waals surface area contributed by atoms with Crippen molar-refractivity contribution in [2.24, 2.45) is 0 Å². The van der Waals surface area contributed by atoms with E-state index in [1.54, 1.807) is 0 Å². The summed E-state index contributed by atoms with van der Waals surface area (Å²) in [6.45, 7) is 9.03. The van der Waals surface area contributed by atoms with Gasteiger partial charge in [-0.25, -0.2) is 4.98 Å². The topological polar surface area (TPSA) is 33.1 Å². The number of nitrogens with one attached hydrogen (secondary N) is 1. The highest BCUT2D eigenvalue weighted by Gasteiger charge is 2.17. The molecular formula is C13H24N4. The summed E-state index contributed by atoms with van der Waals surface area (Å²) in [7, 11) is 0. The monoisotopic (exact) mass is 236 g/mol. The molecule has 1 aromatic heterocycles. The molecule has 2 rings (SSSR count). The van der Waals surface area contributed by atoms with Gasteiger partial charge in [0.15, 0.2) is 0 Å². The molecule has 4 heteroatoms. The highest BCUT2D eigenvalue weighted by atomic mass is 15.2. The van der Waals surface area contributed by atoms with Gasteiger partial charge in [-0.15, -0.1) is 0 Å². The van der Waals surface area contributed by atoms with Crippen molar-refractivity contribution in [3.8, 4) is 0 Å². The molecule has 0 amide bonds. The molecule has 1 fully saturated rings. The third-order valence-electron chi connectivity index (χ3n) is 3.50. The quantitative estimate of drug-likeness (QED) is 0.822. The van der Waals surface area contributed by atoms with E-state index in [9.17, 15) is 0 Å². The number of nitrogens with zero attached hydrogens (tertiary/aromatic N) is 3. The maximum atomic E-state index is 4.37. The van der Waals surface area contributed by atoms with Crippen LogP contribution in [0.15, 0.2) is 12.4 Å². The first-order chi connectivity index (χ1) is 8.31. The minimum absolute atomic E-state index is 0.601. The third-order valence-corrected chi connectivity index (χ3v) is 3.50. The molecule has 0 radical (unpaired) electrons. The molecule has 17 heavy (non-hydrogen) atoms. The van der Waals surface area contributed by atoms with Crippen LogP contribution in [0.25, 0.3) is 0 Å². The van der Waals surface area contributed by atoms with Gasteiger partial charge in [-0.1, -0.05) is 6.92 Å². The number of hydrogen-bond acceptors (Lipinski definition) is 3. The van der Waals surface area contributed by atoms with Crippen molar-refractivity contribution in [3.63, 3.8) is 0 Å². The van der Waals surface area contributed by atoms with Crippen LogP contribution in [0.3, 0.4) is 0 Å². The minimum Gasteiger partial charge on any atom is -0.354 e. The summed E-state index contributed by atoms with van der Waals surface area (Å²) in [5.41, 5.74) is 0. The first-order valence-corrected chi connectivity index (χ1v) is 6.80. The second kappa shape index (κ2) is 6.05. The van der Waals surface area contributed by atoms with Crippen molar-refractivity contribution < 1.29 is 0 Å². The van der Waals surface area contributed by atoms with E-state index in [1.165, 1.54) is 25.9 Å². The number of likely N-dealkylation sites (tertiary alicyclic amines) is 1. The van der Waals surface area contributed by atoms with Crippen LogP contribution in [0.5, 0.6) is 0 Å². The van der Waals surface area contributed by atoms with Gasteiger partial charge in [0.25, 0.3) is 0 Å². The minimum atomic E-state index is 0.601. The second-order valence-corrected chi connectivity index (χ2v) is 4.92. The van der Waals surface area contributed by atoms with Crippen molar-refractivity contribution in [2.45, 2.75) is 45.7 Å². The van der Waals surface area contributed by atoms with Gasteiger partial charge < -0.3 is 9.88 Å². The Morgan fingerprint density at radius 3 is 2.88 bits per heavy atom. The molecule has 96 valence electrons. The predicted molar refractivity (Wildman–Crippen MR) is 71.3 cm³/mol. The van der Waals surface area contributed by atoms with Crippen LogP contribution in [-0.4, -0.2) is 40.1 Å². The highest BCUT2D eigenvalue weighted by molar-refractivity contribution is 5.26. The maximum absolute atomic E-state index is 4.37. The van der Waals surface area contributed by atoms with Crippen LogP contribution in [0, 0.1) is 0 Å². The molecule has 0 bridgehead atoms.